The summed E-state index contributed by atoms with van der Waals surface area (Å²) >= 11 is 0. The van der Waals surface area contributed by atoms with Crippen molar-refractivity contribution in [2.75, 3.05) is 18.4 Å². The molecule has 0 aliphatic carbocycles. The van der Waals surface area contributed by atoms with Gasteiger partial charge >= 0.3 is 6.03 Å². The van der Waals surface area contributed by atoms with Crippen molar-refractivity contribution >= 4 is 17.6 Å². The molecule has 2 aromatic carbocycles. The van der Waals surface area contributed by atoms with Crippen molar-refractivity contribution in [3.8, 4) is 5.69 Å². The number of carbonyl (C=O) groups is 2. The van der Waals surface area contributed by atoms with Gasteiger partial charge in [0.2, 0.25) is 0 Å². The minimum atomic E-state index is -0.325. The Kier molecular flexibility index (Phi) is 5.97. The highest BCUT2D eigenvalue weighted by atomic mass is 19.1. The Morgan fingerprint density at radius 3 is 2.58 bits per heavy atom. The smallest absolute Gasteiger partial charge is 0.321 e. The minimum Gasteiger partial charge on any atom is -0.347 e. The highest BCUT2D eigenvalue weighted by Crippen LogP contribution is 2.18. The van der Waals surface area contributed by atoms with Gasteiger partial charge in [-0.3, -0.25) is 4.79 Å². The first-order valence-electron chi connectivity index (χ1n) is 10.3. The van der Waals surface area contributed by atoms with Crippen molar-refractivity contribution in [2.45, 2.75) is 25.8 Å². The van der Waals surface area contributed by atoms with E-state index in [1.165, 1.54) is 18.3 Å². The number of carbonyl (C=O) groups excluding carboxylic acids is 2. The number of urea groups is 1. The number of amides is 3. The van der Waals surface area contributed by atoms with E-state index in [0.29, 0.717) is 37.2 Å². The topological polar surface area (TPSA) is 79.3 Å². The van der Waals surface area contributed by atoms with Crippen LogP contribution < -0.4 is 10.6 Å². The highest BCUT2D eigenvalue weighted by Gasteiger charge is 2.28. The van der Waals surface area contributed by atoms with Crippen molar-refractivity contribution in [1.82, 2.24) is 20.0 Å². The van der Waals surface area contributed by atoms with Gasteiger partial charge in [-0.2, -0.15) is 5.10 Å². The number of halogens is 1. The summed E-state index contributed by atoms with van der Waals surface area (Å²) in [6.07, 6.45) is 2.81. The maximum absolute atomic E-state index is 13.2. The third-order valence-electron chi connectivity index (χ3n) is 5.36. The predicted molar refractivity (Wildman–Crippen MR) is 116 cm³/mol. The number of nitrogens with one attached hydrogen (secondary N) is 2. The minimum absolute atomic E-state index is 0.132. The number of likely N-dealkylation sites (tertiary alicyclic amines) is 1. The van der Waals surface area contributed by atoms with Crippen LogP contribution in [0, 0.1) is 5.82 Å². The molecule has 2 heterocycles. The van der Waals surface area contributed by atoms with E-state index in [1.54, 1.807) is 21.7 Å². The van der Waals surface area contributed by atoms with Crippen molar-refractivity contribution in [1.29, 1.82) is 0 Å². The molecule has 2 N–H and O–H groups in total. The lowest BCUT2D eigenvalue weighted by atomic mass is 10.1. The molecular weight excluding hydrogens is 397 g/mol. The van der Waals surface area contributed by atoms with Gasteiger partial charge in [-0.15, -0.1) is 0 Å². The molecule has 7 nitrogen and oxygen atoms in total. The first kappa shape index (κ1) is 20.6. The number of nitrogens with zero attached hydrogens (tertiary/aromatic N) is 3. The SMILES string of the molecule is CCc1c(C(=O)N[C@H]2CCN(C(=O)Nc3ccccc3)C2)cnn1-c1ccc(F)cc1. The Morgan fingerprint density at radius 1 is 1.13 bits per heavy atom. The Balaban J connectivity index is 1.40. The maximum Gasteiger partial charge on any atom is 0.321 e. The largest absolute Gasteiger partial charge is 0.347 e. The lowest BCUT2D eigenvalue weighted by molar-refractivity contribution is 0.0937. The first-order valence-corrected chi connectivity index (χ1v) is 10.3. The summed E-state index contributed by atoms with van der Waals surface area (Å²) in [5, 5.41) is 10.2. The standard InChI is InChI=1S/C23H24FN5O2/c1-2-21-20(14-25-29(21)19-10-8-16(24)9-11-19)22(30)26-18-12-13-28(15-18)23(31)27-17-6-4-3-5-7-17/h3-11,14,18H,2,12-13,15H2,1H3,(H,26,30)(H,27,31)/t18-/m0/s1. The average molecular weight is 421 g/mol. The molecule has 1 atom stereocenters. The summed E-state index contributed by atoms with van der Waals surface area (Å²) in [6.45, 7) is 2.95. The Labute approximate surface area is 179 Å². The quantitative estimate of drug-likeness (QED) is 0.661. The molecule has 1 saturated heterocycles. The van der Waals surface area contributed by atoms with E-state index in [4.69, 9.17) is 0 Å². The van der Waals surface area contributed by atoms with Crippen LogP contribution in [-0.2, 0) is 6.42 Å². The molecule has 31 heavy (non-hydrogen) atoms. The first-order chi connectivity index (χ1) is 15.0. The molecule has 0 saturated carbocycles. The summed E-state index contributed by atoms with van der Waals surface area (Å²) in [5.74, 6) is -0.547. The average Bonchev–Trinajstić information content (AvgIpc) is 3.42. The van der Waals surface area contributed by atoms with Gasteiger partial charge in [0.1, 0.15) is 5.82 Å². The van der Waals surface area contributed by atoms with Crippen LogP contribution >= 0.6 is 0 Å². The molecule has 0 radical (unpaired) electrons. The third-order valence-corrected chi connectivity index (χ3v) is 5.36. The summed E-state index contributed by atoms with van der Waals surface area (Å²) in [5.41, 5.74) is 2.67. The molecule has 0 bridgehead atoms. The fraction of sp³-hybridized carbons (Fsp3) is 0.261. The van der Waals surface area contributed by atoms with Crippen LogP contribution in [0.15, 0.2) is 60.8 Å². The number of hydrogen-bond acceptors (Lipinski definition) is 3. The van der Waals surface area contributed by atoms with Crippen LogP contribution in [0.1, 0.15) is 29.4 Å². The number of rotatable bonds is 5. The lowest BCUT2D eigenvalue weighted by Gasteiger charge is -2.18. The number of anilines is 1. The monoisotopic (exact) mass is 421 g/mol. The molecule has 0 unspecified atom stereocenters. The molecule has 8 heteroatoms. The van der Waals surface area contributed by atoms with Crippen molar-refractivity contribution in [3.63, 3.8) is 0 Å². The van der Waals surface area contributed by atoms with E-state index in [2.05, 4.69) is 15.7 Å². The van der Waals surface area contributed by atoms with E-state index in [9.17, 15) is 14.0 Å². The van der Waals surface area contributed by atoms with Crippen LogP contribution in [0.5, 0.6) is 0 Å². The normalized spacial score (nSPS) is 15.7. The number of benzene rings is 2. The van der Waals surface area contributed by atoms with Gasteiger partial charge in [0.25, 0.3) is 5.91 Å². The van der Waals surface area contributed by atoms with Gasteiger partial charge in [-0.1, -0.05) is 25.1 Å². The predicted octanol–water partition coefficient (Wildman–Crippen LogP) is 3.61. The fourth-order valence-electron chi connectivity index (χ4n) is 3.76. The van der Waals surface area contributed by atoms with Crippen LogP contribution in [0.2, 0.25) is 0 Å². The van der Waals surface area contributed by atoms with E-state index in [1.807, 2.05) is 37.3 Å². The molecule has 3 aromatic rings. The van der Waals surface area contributed by atoms with Crippen LogP contribution in [0.4, 0.5) is 14.9 Å². The van der Waals surface area contributed by atoms with Gasteiger partial charge in [0.15, 0.2) is 0 Å². The Hall–Kier alpha value is -3.68. The summed E-state index contributed by atoms with van der Waals surface area (Å²) < 4.78 is 14.9. The van der Waals surface area contributed by atoms with Gasteiger partial charge in [0.05, 0.1) is 23.1 Å². The van der Waals surface area contributed by atoms with Crippen LogP contribution in [0.3, 0.4) is 0 Å². The van der Waals surface area contributed by atoms with Gasteiger partial charge in [-0.25, -0.2) is 13.9 Å². The molecule has 1 aromatic heterocycles. The molecule has 0 spiro atoms. The van der Waals surface area contributed by atoms with E-state index >= 15 is 0 Å². The van der Waals surface area contributed by atoms with Gasteiger partial charge < -0.3 is 15.5 Å². The lowest BCUT2D eigenvalue weighted by Crippen LogP contribution is -2.39. The Morgan fingerprint density at radius 2 is 1.87 bits per heavy atom. The highest BCUT2D eigenvalue weighted by molar-refractivity contribution is 5.95. The second kappa shape index (κ2) is 8.99. The molecule has 160 valence electrons. The summed E-state index contributed by atoms with van der Waals surface area (Å²) in [4.78, 5) is 27.1. The zero-order valence-electron chi connectivity index (χ0n) is 17.2. The summed E-state index contributed by atoms with van der Waals surface area (Å²) in [6, 6.07) is 14.9. The molecule has 1 aliphatic rings. The molecule has 1 aliphatic heterocycles. The zero-order valence-corrected chi connectivity index (χ0v) is 17.2. The number of para-hydroxylation sites is 1. The number of hydrogen-bond donors (Lipinski definition) is 2. The maximum atomic E-state index is 13.2. The van der Waals surface area contributed by atoms with E-state index in [-0.39, 0.29) is 23.8 Å². The second-order valence-electron chi connectivity index (χ2n) is 7.45. The van der Waals surface area contributed by atoms with Crippen molar-refractivity contribution < 1.29 is 14.0 Å². The van der Waals surface area contributed by atoms with Gasteiger partial charge in [0, 0.05) is 24.8 Å². The third kappa shape index (κ3) is 4.58. The van der Waals surface area contributed by atoms with Crippen molar-refractivity contribution in [3.05, 3.63) is 77.9 Å². The van der Waals surface area contributed by atoms with Crippen molar-refractivity contribution in [2.24, 2.45) is 0 Å². The zero-order chi connectivity index (χ0) is 21.8. The number of aromatic nitrogens is 2. The van der Waals surface area contributed by atoms with Crippen LogP contribution in [-0.4, -0.2) is 45.8 Å². The van der Waals surface area contributed by atoms with Gasteiger partial charge in [-0.05, 0) is 49.2 Å². The fourth-order valence-corrected chi connectivity index (χ4v) is 3.76. The van der Waals surface area contributed by atoms with E-state index in [0.717, 1.165) is 11.4 Å². The second-order valence-corrected chi connectivity index (χ2v) is 7.45. The molecule has 1 fully saturated rings. The molecule has 3 amide bonds. The van der Waals surface area contributed by atoms with Crippen LogP contribution in [0.25, 0.3) is 5.69 Å². The Bertz CT molecular complexity index is 1070. The molecular formula is C23H24FN5O2. The van der Waals surface area contributed by atoms with E-state index < -0.39 is 0 Å². The molecule has 4 rings (SSSR count). The summed E-state index contributed by atoms with van der Waals surface area (Å²) in [7, 11) is 0.